The summed E-state index contributed by atoms with van der Waals surface area (Å²) < 4.78 is 1.88. The SMILES string of the molecule is CN(C)C1CCc2cccc3[nH]c(=O)n1c23. The van der Waals surface area contributed by atoms with Crippen molar-refractivity contribution in [3.8, 4) is 0 Å². The molecule has 1 aliphatic rings. The second kappa shape index (κ2) is 3.22. The molecule has 4 heteroatoms. The molecule has 4 nitrogen and oxygen atoms in total. The number of aromatic amines is 1. The molecule has 1 N–H and O–H groups in total. The Balaban J connectivity index is 2.38. The maximum Gasteiger partial charge on any atom is 0.327 e. The molecule has 0 bridgehead atoms. The number of hydrogen-bond donors (Lipinski definition) is 1. The predicted molar refractivity (Wildman–Crippen MR) is 63.6 cm³/mol. The molecule has 3 rings (SSSR count). The Bertz CT molecular complexity index is 594. The van der Waals surface area contributed by atoms with Crippen LogP contribution < -0.4 is 5.69 Å². The minimum Gasteiger partial charge on any atom is -0.305 e. The number of H-pyrrole nitrogens is 1. The summed E-state index contributed by atoms with van der Waals surface area (Å²) in [5.74, 6) is 0. The van der Waals surface area contributed by atoms with Crippen LogP contribution in [0.15, 0.2) is 23.0 Å². The molecule has 1 aromatic carbocycles. The predicted octanol–water partition coefficient (Wildman–Crippen LogP) is 1.34. The molecule has 0 fully saturated rings. The number of nitrogens with zero attached hydrogens (tertiary/aromatic N) is 2. The van der Waals surface area contributed by atoms with E-state index in [1.54, 1.807) is 0 Å². The molecule has 2 heterocycles. The number of aromatic nitrogens is 2. The fourth-order valence-electron chi connectivity index (χ4n) is 2.64. The number of para-hydroxylation sites is 1. The molecule has 84 valence electrons. The van der Waals surface area contributed by atoms with Gasteiger partial charge in [0.2, 0.25) is 0 Å². The Morgan fingerprint density at radius 1 is 1.44 bits per heavy atom. The van der Waals surface area contributed by atoms with E-state index in [0.29, 0.717) is 0 Å². The van der Waals surface area contributed by atoms with Gasteiger partial charge in [0.25, 0.3) is 0 Å². The van der Waals surface area contributed by atoms with E-state index in [2.05, 4.69) is 16.0 Å². The van der Waals surface area contributed by atoms with Crippen molar-refractivity contribution in [3.05, 3.63) is 34.2 Å². The van der Waals surface area contributed by atoms with Crippen LogP contribution in [0, 0.1) is 0 Å². The summed E-state index contributed by atoms with van der Waals surface area (Å²) in [5, 5.41) is 0. The Morgan fingerprint density at radius 3 is 3.00 bits per heavy atom. The zero-order valence-electron chi connectivity index (χ0n) is 9.53. The normalized spacial score (nSPS) is 19.6. The molecule has 2 aromatic rings. The van der Waals surface area contributed by atoms with E-state index in [-0.39, 0.29) is 11.9 Å². The Kier molecular flexibility index (Phi) is 1.94. The molecule has 16 heavy (non-hydrogen) atoms. The molecular formula is C12H15N3O. The Labute approximate surface area is 93.5 Å². The molecule has 1 atom stereocenters. The van der Waals surface area contributed by atoms with Crippen LogP contribution in [0.2, 0.25) is 0 Å². The first-order valence-electron chi connectivity index (χ1n) is 5.57. The lowest BCUT2D eigenvalue weighted by Crippen LogP contribution is -2.34. The number of benzene rings is 1. The summed E-state index contributed by atoms with van der Waals surface area (Å²) in [7, 11) is 4.04. The second-order valence-corrected chi connectivity index (χ2v) is 4.60. The van der Waals surface area contributed by atoms with Crippen LogP contribution in [0.4, 0.5) is 0 Å². The van der Waals surface area contributed by atoms with Crippen LogP contribution >= 0.6 is 0 Å². The van der Waals surface area contributed by atoms with E-state index in [1.807, 2.05) is 30.8 Å². The third-order valence-electron chi connectivity index (χ3n) is 3.39. The zero-order chi connectivity index (χ0) is 11.3. The number of rotatable bonds is 1. The molecule has 0 radical (unpaired) electrons. The summed E-state index contributed by atoms with van der Waals surface area (Å²) in [6, 6.07) is 6.08. The second-order valence-electron chi connectivity index (χ2n) is 4.60. The van der Waals surface area contributed by atoms with E-state index >= 15 is 0 Å². The molecule has 1 aromatic heterocycles. The lowest BCUT2D eigenvalue weighted by atomic mass is 10.0. The number of hydrogen-bond acceptors (Lipinski definition) is 2. The van der Waals surface area contributed by atoms with Gasteiger partial charge in [-0.05, 0) is 38.6 Å². The van der Waals surface area contributed by atoms with Gasteiger partial charge in [0.15, 0.2) is 0 Å². The summed E-state index contributed by atoms with van der Waals surface area (Å²) in [6.07, 6.45) is 2.21. The molecule has 0 saturated heterocycles. The van der Waals surface area contributed by atoms with Crippen LogP contribution in [0.3, 0.4) is 0 Å². The summed E-state index contributed by atoms with van der Waals surface area (Å²) in [5.41, 5.74) is 3.31. The highest BCUT2D eigenvalue weighted by atomic mass is 16.1. The van der Waals surface area contributed by atoms with Gasteiger partial charge >= 0.3 is 5.69 Å². The number of imidazole rings is 1. The third kappa shape index (κ3) is 1.16. The van der Waals surface area contributed by atoms with Crippen LogP contribution in [0.25, 0.3) is 11.0 Å². The molecule has 1 unspecified atom stereocenters. The first-order valence-corrected chi connectivity index (χ1v) is 5.57. The number of nitrogens with one attached hydrogen (secondary N) is 1. The third-order valence-corrected chi connectivity index (χ3v) is 3.39. The van der Waals surface area contributed by atoms with Gasteiger partial charge in [-0.2, -0.15) is 0 Å². The van der Waals surface area contributed by atoms with Gasteiger partial charge in [-0.15, -0.1) is 0 Å². The molecule has 0 aliphatic carbocycles. The minimum absolute atomic E-state index is 0.000787. The smallest absolute Gasteiger partial charge is 0.305 e. The van der Waals surface area contributed by atoms with Gasteiger partial charge in [0.1, 0.15) is 0 Å². The first kappa shape index (κ1) is 9.66. The lowest BCUT2D eigenvalue weighted by Gasteiger charge is -2.29. The highest BCUT2D eigenvalue weighted by Crippen LogP contribution is 2.29. The van der Waals surface area contributed by atoms with E-state index < -0.39 is 0 Å². The lowest BCUT2D eigenvalue weighted by molar-refractivity contribution is 0.199. The van der Waals surface area contributed by atoms with Gasteiger partial charge in [0.05, 0.1) is 17.2 Å². The highest BCUT2D eigenvalue weighted by Gasteiger charge is 2.24. The van der Waals surface area contributed by atoms with E-state index in [4.69, 9.17) is 0 Å². The van der Waals surface area contributed by atoms with Crippen molar-refractivity contribution >= 4 is 11.0 Å². The minimum atomic E-state index is 0.000787. The molecular weight excluding hydrogens is 202 g/mol. The van der Waals surface area contributed by atoms with Crippen molar-refractivity contribution in [1.82, 2.24) is 14.5 Å². The van der Waals surface area contributed by atoms with Gasteiger partial charge in [-0.1, -0.05) is 12.1 Å². The summed E-state index contributed by atoms with van der Waals surface area (Å²) in [6.45, 7) is 0. The fourth-order valence-corrected chi connectivity index (χ4v) is 2.64. The molecule has 1 aliphatic heterocycles. The number of aryl methyl sites for hydroxylation is 1. The average molecular weight is 217 g/mol. The zero-order valence-corrected chi connectivity index (χ0v) is 9.53. The maximum atomic E-state index is 12.0. The van der Waals surface area contributed by atoms with Crippen molar-refractivity contribution in [2.45, 2.75) is 19.0 Å². The molecule has 0 spiro atoms. The van der Waals surface area contributed by atoms with Crippen LogP contribution in [0.5, 0.6) is 0 Å². The average Bonchev–Trinajstić information content (AvgIpc) is 2.59. The molecule has 0 saturated carbocycles. The summed E-state index contributed by atoms with van der Waals surface area (Å²) in [4.78, 5) is 17.0. The van der Waals surface area contributed by atoms with Crippen molar-refractivity contribution < 1.29 is 0 Å². The monoisotopic (exact) mass is 217 g/mol. The van der Waals surface area contributed by atoms with Gasteiger partial charge in [-0.25, -0.2) is 4.79 Å². The topological polar surface area (TPSA) is 41.0 Å². The van der Waals surface area contributed by atoms with Crippen LogP contribution in [0.1, 0.15) is 18.2 Å². The largest absolute Gasteiger partial charge is 0.327 e. The van der Waals surface area contributed by atoms with Gasteiger partial charge in [0, 0.05) is 0 Å². The quantitative estimate of drug-likeness (QED) is 0.783. The van der Waals surface area contributed by atoms with Crippen LogP contribution in [-0.4, -0.2) is 28.5 Å². The standard InChI is InChI=1S/C12H15N3O/c1-14(2)10-7-6-8-4-3-5-9-11(8)15(10)12(16)13-9/h3-5,10H,6-7H2,1-2H3,(H,13,16). The fraction of sp³-hybridized carbons (Fsp3) is 0.417. The Hall–Kier alpha value is -1.55. The molecule has 0 amide bonds. The van der Waals surface area contributed by atoms with Crippen molar-refractivity contribution in [1.29, 1.82) is 0 Å². The highest BCUT2D eigenvalue weighted by molar-refractivity contribution is 5.79. The van der Waals surface area contributed by atoms with E-state index in [1.165, 1.54) is 5.56 Å². The van der Waals surface area contributed by atoms with E-state index in [0.717, 1.165) is 23.9 Å². The Morgan fingerprint density at radius 2 is 2.25 bits per heavy atom. The van der Waals surface area contributed by atoms with Gasteiger partial charge < -0.3 is 4.98 Å². The van der Waals surface area contributed by atoms with Gasteiger partial charge in [-0.3, -0.25) is 9.47 Å². The van der Waals surface area contributed by atoms with E-state index in [9.17, 15) is 4.79 Å². The van der Waals surface area contributed by atoms with Crippen LogP contribution in [-0.2, 0) is 6.42 Å². The first-order chi connectivity index (χ1) is 7.68. The van der Waals surface area contributed by atoms with Crippen molar-refractivity contribution in [2.24, 2.45) is 0 Å². The summed E-state index contributed by atoms with van der Waals surface area (Å²) >= 11 is 0. The van der Waals surface area contributed by atoms with Crippen molar-refractivity contribution in [2.75, 3.05) is 14.1 Å². The maximum absolute atomic E-state index is 12.0. The van der Waals surface area contributed by atoms with Crippen molar-refractivity contribution in [3.63, 3.8) is 0 Å².